The molecule has 0 aliphatic rings. The van der Waals surface area contributed by atoms with Gasteiger partial charge >= 0.3 is 0 Å². The summed E-state index contributed by atoms with van der Waals surface area (Å²) in [4.78, 5) is 4.16. The van der Waals surface area contributed by atoms with Gasteiger partial charge < -0.3 is 5.32 Å². The molecule has 0 atom stereocenters. The molecule has 0 aliphatic carbocycles. The Kier molecular flexibility index (Phi) is 7.08. The molecule has 0 saturated carbocycles. The molecule has 4 rings (SSSR count). The van der Waals surface area contributed by atoms with E-state index in [0.717, 1.165) is 33.6 Å². The lowest BCUT2D eigenvalue weighted by molar-refractivity contribution is 0.588. The lowest BCUT2D eigenvalue weighted by atomic mass is 10.00. The largest absolute Gasteiger partial charge is 0.383 e. The van der Waals surface area contributed by atoms with Crippen LogP contribution in [0.2, 0.25) is 5.02 Å². The van der Waals surface area contributed by atoms with Crippen molar-refractivity contribution in [1.82, 2.24) is 19.5 Å². The molecule has 0 unspecified atom stereocenters. The number of sulfonamides is 1. The van der Waals surface area contributed by atoms with Crippen LogP contribution in [0.5, 0.6) is 0 Å². The van der Waals surface area contributed by atoms with Gasteiger partial charge in [0.1, 0.15) is 0 Å². The zero-order valence-electron chi connectivity index (χ0n) is 18.1. The first kappa shape index (κ1) is 23.0. The van der Waals surface area contributed by atoms with Gasteiger partial charge in [-0.25, -0.2) is 13.1 Å². The third-order valence-corrected chi connectivity index (χ3v) is 6.79. The van der Waals surface area contributed by atoms with Gasteiger partial charge in [-0.3, -0.25) is 9.67 Å². The summed E-state index contributed by atoms with van der Waals surface area (Å²) in [7, 11) is -1.89. The van der Waals surface area contributed by atoms with Crippen LogP contribution in [0.1, 0.15) is 5.56 Å². The van der Waals surface area contributed by atoms with Gasteiger partial charge in [-0.05, 0) is 60.1 Å². The summed E-state index contributed by atoms with van der Waals surface area (Å²) >= 11 is 6.05. The highest BCUT2D eigenvalue weighted by Crippen LogP contribution is 2.32. The number of hydrogen-bond acceptors (Lipinski definition) is 5. The highest BCUT2D eigenvalue weighted by Gasteiger charge is 2.13. The molecular formula is C24H24ClN5O2S. The number of benzene rings is 2. The van der Waals surface area contributed by atoms with Crippen molar-refractivity contribution in [3.05, 3.63) is 89.8 Å². The van der Waals surface area contributed by atoms with Gasteiger partial charge in [0.2, 0.25) is 10.0 Å². The summed E-state index contributed by atoms with van der Waals surface area (Å²) in [5, 5.41) is 8.68. The van der Waals surface area contributed by atoms with E-state index in [9.17, 15) is 8.42 Å². The predicted octanol–water partition coefficient (Wildman–Crippen LogP) is 4.27. The quantitative estimate of drug-likeness (QED) is 0.372. The molecule has 0 fully saturated rings. The summed E-state index contributed by atoms with van der Waals surface area (Å²) < 4.78 is 27.8. The molecule has 2 aromatic carbocycles. The molecular weight excluding hydrogens is 458 g/mol. The maximum atomic E-state index is 11.8. The van der Waals surface area contributed by atoms with Crippen LogP contribution in [0.25, 0.3) is 22.4 Å². The van der Waals surface area contributed by atoms with Crippen molar-refractivity contribution in [2.75, 3.05) is 24.7 Å². The van der Waals surface area contributed by atoms with Crippen LogP contribution in [0.3, 0.4) is 0 Å². The number of halogens is 1. The SMILES string of the molecule is CNS(=O)(=O)CCNc1ccc(-c2ccc(Cl)cc2)cc1-c1ccn(Cc2cccnc2)n1. The van der Waals surface area contributed by atoms with Crippen LogP contribution < -0.4 is 10.0 Å². The van der Waals surface area contributed by atoms with Gasteiger partial charge in [0.25, 0.3) is 0 Å². The molecule has 170 valence electrons. The Morgan fingerprint density at radius 1 is 1.03 bits per heavy atom. The first-order valence-electron chi connectivity index (χ1n) is 10.4. The van der Waals surface area contributed by atoms with Crippen LogP contribution in [-0.2, 0) is 16.6 Å². The summed E-state index contributed by atoms with van der Waals surface area (Å²) in [6.07, 6.45) is 5.48. The molecule has 0 spiro atoms. The van der Waals surface area contributed by atoms with Crippen LogP contribution in [0, 0.1) is 0 Å². The van der Waals surface area contributed by atoms with Crippen LogP contribution in [0.4, 0.5) is 5.69 Å². The molecule has 2 N–H and O–H groups in total. The molecule has 33 heavy (non-hydrogen) atoms. The molecule has 0 aliphatic heterocycles. The van der Waals surface area contributed by atoms with Gasteiger partial charge in [-0.1, -0.05) is 35.9 Å². The van der Waals surface area contributed by atoms with Gasteiger partial charge in [-0.2, -0.15) is 5.10 Å². The minimum atomic E-state index is -3.30. The van der Waals surface area contributed by atoms with Crippen LogP contribution in [0.15, 0.2) is 79.3 Å². The van der Waals surface area contributed by atoms with Gasteiger partial charge in [0, 0.05) is 41.4 Å². The summed E-state index contributed by atoms with van der Waals surface area (Å²) in [5.41, 5.74) is 5.57. The number of pyridine rings is 1. The average molecular weight is 482 g/mol. The molecule has 9 heteroatoms. The summed E-state index contributed by atoms with van der Waals surface area (Å²) in [6.45, 7) is 0.876. The number of anilines is 1. The molecule has 2 heterocycles. The maximum absolute atomic E-state index is 11.8. The lowest BCUT2D eigenvalue weighted by Crippen LogP contribution is -2.26. The van der Waals surface area contributed by atoms with Gasteiger partial charge in [0.15, 0.2) is 0 Å². The zero-order chi connectivity index (χ0) is 23.3. The predicted molar refractivity (Wildman–Crippen MR) is 133 cm³/mol. The summed E-state index contributed by atoms with van der Waals surface area (Å²) in [5.74, 6) is -0.0304. The standard InChI is InChI=1S/C24H24ClN5O2S/c1-26-33(31,32)14-12-28-23-9-6-20(19-4-7-21(25)8-5-19)15-22(23)24-10-13-30(29-24)17-18-3-2-11-27-16-18/h2-11,13,15-16,26,28H,12,14,17H2,1H3. The van der Waals surface area contributed by atoms with E-state index >= 15 is 0 Å². The minimum Gasteiger partial charge on any atom is -0.383 e. The second kappa shape index (κ2) is 10.2. The zero-order valence-corrected chi connectivity index (χ0v) is 19.6. The van der Waals surface area contributed by atoms with Crippen LogP contribution in [-0.4, -0.2) is 42.5 Å². The topological polar surface area (TPSA) is 88.9 Å². The molecule has 0 bridgehead atoms. The van der Waals surface area contributed by atoms with Crippen molar-refractivity contribution >= 4 is 27.3 Å². The fourth-order valence-electron chi connectivity index (χ4n) is 3.43. The number of aromatic nitrogens is 3. The average Bonchev–Trinajstić information content (AvgIpc) is 3.28. The Balaban J connectivity index is 1.65. The molecule has 0 amide bonds. The fourth-order valence-corrected chi connectivity index (χ4v) is 4.13. The molecule has 0 radical (unpaired) electrons. The van der Waals surface area contributed by atoms with E-state index in [1.165, 1.54) is 7.05 Å². The van der Waals surface area contributed by atoms with E-state index in [1.807, 2.05) is 71.7 Å². The van der Waals surface area contributed by atoms with Crippen LogP contribution >= 0.6 is 11.6 Å². The smallest absolute Gasteiger partial charge is 0.213 e. The first-order valence-corrected chi connectivity index (χ1v) is 12.4. The molecule has 2 aromatic heterocycles. The van der Waals surface area contributed by atoms with E-state index in [2.05, 4.69) is 21.1 Å². The molecule has 4 aromatic rings. The highest BCUT2D eigenvalue weighted by atomic mass is 35.5. The highest BCUT2D eigenvalue weighted by molar-refractivity contribution is 7.89. The third-order valence-electron chi connectivity index (χ3n) is 5.18. The van der Waals surface area contributed by atoms with Crippen molar-refractivity contribution in [1.29, 1.82) is 0 Å². The minimum absolute atomic E-state index is 0.0304. The molecule has 0 saturated heterocycles. The fraction of sp³-hybridized carbons (Fsp3) is 0.167. The summed E-state index contributed by atoms with van der Waals surface area (Å²) in [6, 6.07) is 19.5. The normalized spacial score (nSPS) is 11.5. The van der Waals surface area contributed by atoms with Crippen molar-refractivity contribution < 1.29 is 8.42 Å². The van der Waals surface area contributed by atoms with E-state index in [0.29, 0.717) is 11.6 Å². The molecule has 7 nitrogen and oxygen atoms in total. The number of rotatable bonds is 9. The Labute approximate surface area is 198 Å². The third kappa shape index (κ3) is 5.98. The Hall–Kier alpha value is -3.20. The van der Waals surface area contributed by atoms with Gasteiger partial charge in [0.05, 0.1) is 18.0 Å². The van der Waals surface area contributed by atoms with E-state index in [-0.39, 0.29) is 12.3 Å². The Bertz CT molecular complexity index is 1320. The number of nitrogens with one attached hydrogen (secondary N) is 2. The van der Waals surface area contributed by atoms with Crippen molar-refractivity contribution in [2.45, 2.75) is 6.54 Å². The maximum Gasteiger partial charge on any atom is 0.213 e. The van der Waals surface area contributed by atoms with E-state index in [1.54, 1.807) is 6.20 Å². The van der Waals surface area contributed by atoms with Crippen molar-refractivity contribution in [3.63, 3.8) is 0 Å². The van der Waals surface area contributed by atoms with Crippen molar-refractivity contribution in [3.8, 4) is 22.4 Å². The number of nitrogens with zero attached hydrogens (tertiary/aromatic N) is 3. The van der Waals surface area contributed by atoms with E-state index < -0.39 is 10.0 Å². The lowest BCUT2D eigenvalue weighted by Gasteiger charge is -2.13. The number of hydrogen-bond donors (Lipinski definition) is 2. The van der Waals surface area contributed by atoms with Crippen molar-refractivity contribution in [2.24, 2.45) is 0 Å². The monoisotopic (exact) mass is 481 g/mol. The van der Waals surface area contributed by atoms with Gasteiger partial charge in [-0.15, -0.1) is 0 Å². The van der Waals surface area contributed by atoms with E-state index in [4.69, 9.17) is 16.7 Å². The second-order valence-electron chi connectivity index (χ2n) is 7.48. The Morgan fingerprint density at radius 3 is 2.55 bits per heavy atom. The Morgan fingerprint density at radius 2 is 1.82 bits per heavy atom. The second-order valence-corrected chi connectivity index (χ2v) is 9.96. The first-order chi connectivity index (χ1) is 15.9.